The Morgan fingerprint density at radius 3 is 2.85 bits per heavy atom. The summed E-state index contributed by atoms with van der Waals surface area (Å²) in [5.74, 6) is -0.234. The van der Waals surface area contributed by atoms with Crippen molar-refractivity contribution in [1.29, 1.82) is 0 Å². The molecule has 1 aromatic heterocycles. The summed E-state index contributed by atoms with van der Waals surface area (Å²) in [6.45, 7) is 1.96. The third kappa shape index (κ3) is 3.34. The molecule has 1 heterocycles. The summed E-state index contributed by atoms with van der Waals surface area (Å²) >= 11 is 10.7. The van der Waals surface area contributed by atoms with Crippen molar-refractivity contribution in [2.24, 2.45) is 0 Å². The first kappa shape index (κ1) is 15.3. The van der Waals surface area contributed by atoms with Gasteiger partial charge in [-0.2, -0.15) is 0 Å². The van der Waals surface area contributed by atoms with Gasteiger partial charge in [-0.25, -0.2) is 0 Å². The van der Waals surface area contributed by atoms with E-state index in [4.69, 9.17) is 16.7 Å². The van der Waals surface area contributed by atoms with Crippen LogP contribution in [0.5, 0.6) is 0 Å². The normalized spacial score (nSPS) is 10.8. The van der Waals surface area contributed by atoms with E-state index in [0.29, 0.717) is 16.6 Å². The van der Waals surface area contributed by atoms with Gasteiger partial charge in [0.2, 0.25) is 0 Å². The molecule has 106 valence electrons. The SMILES string of the molecule is CCc1nnc(SCC(=O)O)n1-c1ccc(Br)cc1Cl. The highest BCUT2D eigenvalue weighted by molar-refractivity contribution is 9.10. The zero-order valence-corrected chi connectivity index (χ0v) is 13.7. The molecule has 0 aliphatic carbocycles. The predicted octanol–water partition coefficient (Wildman–Crippen LogP) is 3.42. The lowest BCUT2D eigenvalue weighted by Gasteiger charge is -2.11. The van der Waals surface area contributed by atoms with E-state index >= 15 is 0 Å². The average Bonchev–Trinajstić information content (AvgIpc) is 2.79. The molecule has 0 aliphatic rings. The van der Waals surface area contributed by atoms with Crippen molar-refractivity contribution in [3.05, 3.63) is 33.5 Å². The number of hydrogen-bond acceptors (Lipinski definition) is 4. The van der Waals surface area contributed by atoms with Gasteiger partial charge in [0, 0.05) is 10.9 Å². The van der Waals surface area contributed by atoms with Crippen molar-refractivity contribution < 1.29 is 9.90 Å². The zero-order chi connectivity index (χ0) is 14.7. The van der Waals surface area contributed by atoms with Crippen LogP contribution in [0.1, 0.15) is 12.7 Å². The van der Waals surface area contributed by atoms with E-state index in [1.807, 2.05) is 19.1 Å². The first-order chi connectivity index (χ1) is 9.52. The van der Waals surface area contributed by atoms with Crippen LogP contribution < -0.4 is 0 Å². The van der Waals surface area contributed by atoms with E-state index in [9.17, 15) is 4.79 Å². The first-order valence-electron chi connectivity index (χ1n) is 5.77. The van der Waals surface area contributed by atoms with Crippen molar-refractivity contribution in [3.8, 4) is 5.69 Å². The molecule has 0 saturated carbocycles. The summed E-state index contributed by atoms with van der Waals surface area (Å²) in [6, 6.07) is 5.49. The number of aliphatic carboxylic acids is 1. The maximum Gasteiger partial charge on any atom is 0.313 e. The van der Waals surface area contributed by atoms with Crippen LogP contribution in [0.3, 0.4) is 0 Å². The highest BCUT2D eigenvalue weighted by Gasteiger charge is 2.16. The minimum absolute atomic E-state index is 0.0734. The number of rotatable bonds is 5. The van der Waals surface area contributed by atoms with Crippen molar-refractivity contribution in [3.63, 3.8) is 0 Å². The number of thioether (sulfide) groups is 1. The maximum atomic E-state index is 10.7. The molecule has 0 atom stereocenters. The molecule has 1 aromatic carbocycles. The van der Waals surface area contributed by atoms with Gasteiger partial charge in [-0.1, -0.05) is 46.2 Å². The van der Waals surface area contributed by atoms with Crippen molar-refractivity contribution in [2.45, 2.75) is 18.5 Å². The molecule has 0 fully saturated rings. The fourth-order valence-electron chi connectivity index (χ4n) is 1.65. The molecule has 20 heavy (non-hydrogen) atoms. The minimum Gasteiger partial charge on any atom is -0.481 e. The van der Waals surface area contributed by atoms with Gasteiger partial charge in [-0.3, -0.25) is 9.36 Å². The summed E-state index contributed by atoms with van der Waals surface area (Å²) in [4.78, 5) is 10.7. The molecule has 0 amide bonds. The number of carboxylic acids is 1. The molecule has 0 spiro atoms. The highest BCUT2D eigenvalue weighted by atomic mass is 79.9. The second-order valence-electron chi connectivity index (χ2n) is 3.87. The summed E-state index contributed by atoms with van der Waals surface area (Å²) in [5.41, 5.74) is 0.740. The van der Waals surface area contributed by atoms with E-state index in [2.05, 4.69) is 26.1 Å². The monoisotopic (exact) mass is 375 g/mol. The van der Waals surface area contributed by atoms with Crippen LogP contribution in [0, 0.1) is 0 Å². The van der Waals surface area contributed by atoms with Crippen molar-refractivity contribution >= 4 is 45.3 Å². The number of hydrogen-bond donors (Lipinski definition) is 1. The van der Waals surface area contributed by atoms with E-state index in [0.717, 1.165) is 27.7 Å². The predicted molar refractivity (Wildman–Crippen MR) is 81.8 cm³/mol. The standard InChI is InChI=1S/C12H11BrClN3O2S/c1-2-10-15-16-12(20-6-11(18)19)17(10)9-4-3-7(13)5-8(9)14/h3-5H,2,6H2,1H3,(H,18,19). The van der Waals surface area contributed by atoms with Crippen LogP contribution >= 0.6 is 39.3 Å². The van der Waals surface area contributed by atoms with Crippen LogP contribution in [0.2, 0.25) is 5.02 Å². The number of carbonyl (C=O) groups is 1. The molecule has 1 N–H and O–H groups in total. The summed E-state index contributed by atoms with van der Waals surface area (Å²) in [5, 5.41) is 18.0. The fraction of sp³-hybridized carbons (Fsp3) is 0.250. The Labute approximate surface area is 133 Å². The quantitative estimate of drug-likeness (QED) is 0.810. The van der Waals surface area contributed by atoms with Gasteiger partial charge in [-0.15, -0.1) is 10.2 Å². The summed E-state index contributed by atoms with van der Waals surface area (Å²) in [7, 11) is 0. The lowest BCUT2D eigenvalue weighted by molar-refractivity contribution is -0.133. The van der Waals surface area contributed by atoms with Crippen molar-refractivity contribution in [2.75, 3.05) is 5.75 Å². The molecule has 2 aromatic rings. The van der Waals surface area contributed by atoms with E-state index < -0.39 is 5.97 Å². The van der Waals surface area contributed by atoms with Crippen LogP contribution in [0.15, 0.2) is 27.8 Å². The van der Waals surface area contributed by atoms with Crippen LogP contribution in [0.25, 0.3) is 5.69 Å². The van der Waals surface area contributed by atoms with E-state index in [1.165, 1.54) is 0 Å². The van der Waals surface area contributed by atoms with Crippen molar-refractivity contribution in [1.82, 2.24) is 14.8 Å². The molecule has 0 bridgehead atoms. The van der Waals surface area contributed by atoms with Crippen LogP contribution in [0.4, 0.5) is 0 Å². The topological polar surface area (TPSA) is 68.0 Å². The Morgan fingerprint density at radius 1 is 1.50 bits per heavy atom. The smallest absolute Gasteiger partial charge is 0.313 e. The van der Waals surface area contributed by atoms with Gasteiger partial charge in [0.25, 0.3) is 0 Å². The molecule has 0 radical (unpaired) electrons. The molecule has 0 saturated heterocycles. The van der Waals surface area contributed by atoms with E-state index in [-0.39, 0.29) is 5.75 Å². The Hall–Kier alpha value is -1.05. The van der Waals surface area contributed by atoms with Gasteiger partial charge < -0.3 is 5.11 Å². The largest absolute Gasteiger partial charge is 0.481 e. The number of halogens is 2. The third-order valence-electron chi connectivity index (χ3n) is 2.49. The summed E-state index contributed by atoms with van der Waals surface area (Å²) < 4.78 is 2.67. The maximum absolute atomic E-state index is 10.7. The Morgan fingerprint density at radius 2 is 2.25 bits per heavy atom. The molecular formula is C12H11BrClN3O2S. The highest BCUT2D eigenvalue weighted by Crippen LogP contribution is 2.29. The number of benzene rings is 1. The Balaban J connectivity index is 2.47. The van der Waals surface area contributed by atoms with Crippen LogP contribution in [-0.2, 0) is 11.2 Å². The lowest BCUT2D eigenvalue weighted by atomic mass is 10.3. The number of nitrogens with zero attached hydrogens (tertiary/aromatic N) is 3. The second kappa shape index (κ2) is 6.60. The minimum atomic E-state index is -0.899. The second-order valence-corrected chi connectivity index (χ2v) is 6.13. The molecule has 0 unspecified atom stereocenters. The lowest BCUT2D eigenvalue weighted by Crippen LogP contribution is -2.05. The van der Waals surface area contributed by atoms with Gasteiger partial charge >= 0.3 is 5.97 Å². The number of carboxylic acid groups (broad SMARTS) is 1. The Kier molecular flexibility index (Phi) is 5.06. The Bertz CT molecular complexity index is 648. The average molecular weight is 377 g/mol. The molecular weight excluding hydrogens is 366 g/mol. The zero-order valence-electron chi connectivity index (χ0n) is 10.5. The summed E-state index contributed by atoms with van der Waals surface area (Å²) in [6.07, 6.45) is 0.674. The molecule has 0 aliphatic heterocycles. The van der Waals surface area contributed by atoms with Gasteiger partial charge in [-0.05, 0) is 18.2 Å². The van der Waals surface area contributed by atoms with Gasteiger partial charge in [0.05, 0.1) is 16.5 Å². The van der Waals surface area contributed by atoms with E-state index in [1.54, 1.807) is 10.6 Å². The molecule has 5 nitrogen and oxygen atoms in total. The molecule has 2 rings (SSSR count). The fourth-order valence-corrected chi connectivity index (χ4v) is 3.10. The first-order valence-corrected chi connectivity index (χ1v) is 7.93. The van der Waals surface area contributed by atoms with Gasteiger partial charge in [0.15, 0.2) is 5.16 Å². The van der Waals surface area contributed by atoms with Gasteiger partial charge in [0.1, 0.15) is 5.82 Å². The molecule has 8 heteroatoms. The number of aryl methyl sites for hydroxylation is 1. The van der Waals surface area contributed by atoms with Crippen LogP contribution in [-0.4, -0.2) is 31.6 Å². The number of aromatic nitrogens is 3. The third-order valence-corrected chi connectivity index (χ3v) is 4.20.